The smallest absolute Gasteiger partial charge is 0.410 e. The number of hydrogen-bond acceptors (Lipinski definition) is 6. The molecule has 1 N–H and O–H groups in total. The normalized spacial score (nSPS) is 17.7. The number of nitrogens with one attached hydrogen (secondary N) is 1. The van der Waals surface area contributed by atoms with Crippen molar-refractivity contribution in [2.24, 2.45) is 0 Å². The molecule has 2 aliphatic heterocycles. The molecule has 40 heavy (non-hydrogen) atoms. The number of likely N-dealkylation sites (N-methyl/N-ethyl adjacent to an activating group) is 1. The van der Waals surface area contributed by atoms with Gasteiger partial charge in [-0.3, -0.25) is 4.79 Å². The lowest BCUT2D eigenvalue weighted by Crippen LogP contribution is -2.46. The van der Waals surface area contributed by atoms with E-state index in [0.717, 1.165) is 69.9 Å². The molecule has 9 heteroatoms. The van der Waals surface area contributed by atoms with Crippen molar-refractivity contribution in [2.45, 2.75) is 72.3 Å². The summed E-state index contributed by atoms with van der Waals surface area (Å²) in [6.07, 6.45) is 3.86. The summed E-state index contributed by atoms with van der Waals surface area (Å²) in [5.41, 5.74) is 4.40. The van der Waals surface area contributed by atoms with Gasteiger partial charge in [0.1, 0.15) is 5.60 Å². The second-order valence-electron chi connectivity index (χ2n) is 12.3. The molecule has 1 aromatic carbocycles. The van der Waals surface area contributed by atoms with Crippen LogP contribution in [0.5, 0.6) is 0 Å². The number of amides is 2. The summed E-state index contributed by atoms with van der Waals surface area (Å²) in [6.45, 7) is 20.4. The molecule has 4 rings (SSSR count). The van der Waals surface area contributed by atoms with Crippen LogP contribution in [-0.2, 0) is 4.74 Å². The quantitative estimate of drug-likeness (QED) is 0.490. The molecule has 2 amide bonds. The molecule has 2 fully saturated rings. The minimum absolute atomic E-state index is 0.0737. The van der Waals surface area contributed by atoms with E-state index in [1.807, 2.05) is 25.5 Å². The van der Waals surface area contributed by atoms with E-state index in [-0.39, 0.29) is 17.9 Å². The number of hydrogen-bond donors (Lipinski definition) is 1. The van der Waals surface area contributed by atoms with Crippen molar-refractivity contribution in [1.82, 2.24) is 29.8 Å². The lowest BCUT2D eigenvalue weighted by atomic mass is 9.90. The highest BCUT2D eigenvalue weighted by Gasteiger charge is 2.32. The van der Waals surface area contributed by atoms with Gasteiger partial charge < -0.3 is 24.8 Å². The maximum absolute atomic E-state index is 13.5. The van der Waals surface area contributed by atoms with E-state index in [1.54, 1.807) is 11.1 Å². The zero-order valence-corrected chi connectivity index (χ0v) is 25.3. The average Bonchev–Trinajstić information content (AvgIpc) is 3.37. The molecule has 0 saturated carbocycles. The third-order valence-corrected chi connectivity index (χ3v) is 8.17. The van der Waals surface area contributed by atoms with E-state index in [1.165, 1.54) is 11.1 Å². The molecule has 3 heterocycles. The summed E-state index contributed by atoms with van der Waals surface area (Å²) >= 11 is 0. The molecule has 0 radical (unpaired) electrons. The van der Waals surface area contributed by atoms with Crippen LogP contribution in [0, 0.1) is 13.8 Å². The highest BCUT2D eigenvalue weighted by atomic mass is 16.6. The van der Waals surface area contributed by atoms with Gasteiger partial charge in [0, 0.05) is 51.7 Å². The van der Waals surface area contributed by atoms with Gasteiger partial charge in [-0.1, -0.05) is 13.0 Å². The number of carbonyl (C=O) groups excluding carboxylic acids is 2. The Morgan fingerprint density at radius 3 is 2.30 bits per heavy atom. The fourth-order valence-electron chi connectivity index (χ4n) is 5.58. The standard InChI is InChI=1S/C31H48N6O3/c1-7-34-17-19-35(20-18-34)14-8-13-32-29(38)27-22-33-37(26-10-9-23(2)24(3)21-26)28(27)25-11-15-36(16-12-25)30(39)40-31(4,5)6/h9-10,21-22,25H,7-8,11-20H2,1-6H3,(H,32,38). The van der Waals surface area contributed by atoms with Gasteiger partial charge in [-0.25, -0.2) is 9.48 Å². The van der Waals surface area contributed by atoms with Crippen molar-refractivity contribution < 1.29 is 14.3 Å². The average molecular weight is 553 g/mol. The van der Waals surface area contributed by atoms with Crippen molar-refractivity contribution in [3.8, 4) is 5.69 Å². The minimum Gasteiger partial charge on any atom is -0.444 e. The van der Waals surface area contributed by atoms with E-state index < -0.39 is 5.60 Å². The largest absolute Gasteiger partial charge is 0.444 e. The van der Waals surface area contributed by atoms with E-state index in [0.29, 0.717) is 25.2 Å². The van der Waals surface area contributed by atoms with Crippen LogP contribution >= 0.6 is 0 Å². The zero-order chi connectivity index (χ0) is 28.9. The molecule has 0 aliphatic carbocycles. The van der Waals surface area contributed by atoms with Gasteiger partial charge in [0.05, 0.1) is 23.1 Å². The number of nitrogens with zero attached hydrogens (tertiary/aromatic N) is 5. The number of benzene rings is 1. The Labute approximate surface area is 239 Å². The third-order valence-electron chi connectivity index (χ3n) is 8.17. The fourth-order valence-corrected chi connectivity index (χ4v) is 5.58. The van der Waals surface area contributed by atoms with E-state index >= 15 is 0 Å². The first-order valence-corrected chi connectivity index (χ1v) is 14.9. The number of likely N-dealkylation sites (tertiary alicyclic amines) is 1. The molecule has 1 aromatic heterocycles. The monoisotopic (exact) mass is 552 g/mol. The molecule has 0 unspecified atom stereocenters. The zero-order valence-electron chi connectivity index (χ0n) is 25.3. The van der Waals surface area contributed by atoms with Gasteiger partial charge in [0.25, 0.3) is 5.91 Å². The Bertz CT molecular complexity index is 1150. The number of ether oxygens (including phenoxy) is 1. The lowest BCUT2D eigenvalue weighted by Gasteiger charge is -2.34. The van der Waals surface area contributed by atoms with Gasteiger partial charge >= 0.3 is 6.09 Å². The molecular formula is C31H48N6O3. The first-order valence-electron chi connectivity index (χ1n) is 14.9. The summed E-state index contributed by atoms with van der Waals surface area (Å²) in [6, 6.07) is 6.29. The molecule has 2 saturated heterocycles. The maximum Gasteiger partial charge on any atom is 0.410 e. The Hall–Kier alpha value is -2.91. The van der Waals surface area contributed by atoms with Crippen LogP contribution in [-0.4, -0.2) is 101 Å². The first-order chi connectivity index (χ1) is 19.1. The van der Waals surface area contributed by atoms with Crippen molar-refractivity contribution in [3.63, 3.8) is 0 Å². The van der Waals surface area contributed by atoms with Crippen LogP contribution in [0.15, 0.2) is 24.4 Å². The topological polar surface area (TPSA) is 82.9 Å². The summed E-state index contributed by atoms with van der Waals surface area (Å²) in [4.78, 5) is 32.9. The highest BCUT2D eigenvalue weighted by Crippen LogP contribution is 2.33. The minimum atomic E-state index is -0.523. The van der Waals surface area contributed by atoms with E-state index in [4.69, 9.17) is 9.84 Å². The molecule has 0 atom stereocenters. The maximum atomic E-state index is 13.5. The lowest BCUT2D eigenvalue weighted by molar-refractivity contribution is 0.0203. The number of carbonyl (C=O) groups is 2. The van der Waals surface area contributed by atoms with Gasteiger partial charge in [0.15, 0.2) is 0 Å². The highest BCUT2D eigenvalue weighted by molar-refractivity contribution is 5.95. The molecule has 2 aliphatic rings. The van der Waals surface area contributed by atoms with Gasteiger partial charge in [-0.15, -0.1) is 0 Å². The molecule has 9 nitrogen and oxygen atoms in total. The molecule has 2 aromatic rings. The molecule has 220 valence electrons. The number of piperazine rings is 1. The van der Waals surface area contributed by atoms with Gasteiger partial charge in [-0.05, 0) is 90.2 Å². The third kappa shape index (κ3) is 7.63. The SMILES string of the molecule is CCN1CCN(CCCNC(=O)c2cnn(-c3ccc(C)c(C)c3)c2C2CCN(C(=O)OC(C)(C)C)CC2)CC1. The predicted octanol–water partition coefficient (Wildman–Crippen LogP) is 4.36. The van der Waals surface area contributed by atoms with Crippen molar-refractivity contribution in [3.05, 3.63) is 46.8 Å². The van der Waals surface area contributed by atoms with Crippen molar-refractivity contribution >= 4 is 12.0 Å². The predicted molar refractivity (Wildman–Crippen MR) is 158 cm³/mol. The summed E-state index contributed by atoms with van der Waals surface area (Å²) < 4.78 is 7.52. The van der Waals surface area contributed by atoms with Crippen LogP contribution in [0.3, 0.4) is 0 Å². The van der Waals surface area contributed by atoms with Crippen LogP contribution in [0.1, 0.15) is 80.1 Å². The Balaban J connectivity index is 1.44. The Morgan fingerprint density at radius 1 is 1.00 bits per heavy atom. The number of aromatic nitrogens is 2. The van der Waals surface area contributed by atoms with Crippen molar-refractivity contribution in [1.29, 1.82) is 0 Å². The summed E-state index contributed by atoms with van der Waals surface area (Å²) in [5.74, 6) is 0.0360. The first kappa shape index (κ1) is 30.1. The van der Waals surface area contributed by atoms with Crippen LogP contribution in [0.4, 0.5) is 4.79 Å². The van der Waals surface area contributed by atoms with E-state index in [2.05, 4.69) is 54.1 Å². The summed E-state index contributed by atoms with van der Waals surface area (Å²) in [5, 5.41) is 7.87. The fraction of sp³-hybridized carbons (Fsp3) is 0.645. The second kappa shape index (κ2) is 13.2. The Kier molecular flexibility index (Phi) is 9.90. The van der Waals surface area contributed by atoms with Gasteiger partial charge in [0.2, 0.25) is 0 Å². The van der Waals surface area contributed by atoms with Crippen LogP contribution in [0.25, 0.3) is 5.69 Å². The van der Waals surface area contributed by atoms with E-state index in [9.17, 15) is 9.59 Å². The Morgan fingerprint density at radius 2 is 1.68 bits per heavy atom. The number of aryl methyl sites for hydroxylation is 2. The van der Waals surface area contributed by atoms with Crippen LogP contribution in [0.2, 0.25) is 0 Å². The molecular weight excluding hydrogens is 504 g/mol. The van der Waals surface area contributed by atoms with Crippen LogP contribution < -0.4 is 5.32 Å². The molecule has 0 spiro atoms. The van der Waals surface area contributed by atoms with Crippen molar-refractivity contribution in [2.75, 3.05) is 58.9 Å². The number of rotatable bonds is 8. The molecule has 0 bridgehead atoms. The summed E-state index contributed by atoms with van der Waals surface area (Å²) in [7, 11) is 0. The number of piperidine rings is 1. The second-order valence-corrected chi connectivity index (χ2v) is 12.3. The van der Waals surface area contributed by atoms with Gasteiger partial charge in [-0.2, -0.15) is 5.10 Å².